The van der Waals surface area contributed by atoms with E-state index in [-0.39, 0.29) is 19.1 Å². The van der Waals surface area contributed by atoms with E-state index >= 15 is 0 Å². The second-order valence-corrected chi connectivity index (χ2v) is 9.94. The summed E-state index contributed by atoms with van der Waals surface area (Å²) in [6, 6.07) is 11.0. The Morgan fingerprint density at radius 1 is 1.25 bits per heavy atom. The lowest BCUT2D eigenvalue weighted by atomic mass is 10.00. The fraction of sp³-hybridized carbons (Fsp3) is 0.348. The number of aliphatic hydroxyl groups excluding tert-OH is 1. The van der Waals surface area contributed by atoms with Crippen LogP contribution in [-0.4, -0.2) is 52.0 Å². The second kappa shape index (κ2) is 8.23. The summed E-state index contributed by atoms with van der Waals surface area (Å²) >= 11 is 0. The molecule has 0 spiro atoms. The molecule has 32 heavy (non-hydrogen) atoms. The van der Waals surface area contributed by atoms with Crippen molar-refractivity contribution < 1.29 is 27.5 Å². The lowest BCUT2D eigenvalue weighted by Gasteiger charge is -2.24. The first-order chi connectivity index (χ1) is 15.1. The molecule has 0 bridgehead atoms. The molecule has 4 rings (SSSR count). The molecule has 2 N–H and O–H groups in total. The number of aliphatic hydroxyl groups is 1. The van der Waals surface area contributed by atoms with Gasteiger partial charge in [0.25, 0.3) is 5.91 Å². The summed E-state index contributed by atoms with van der Waals surface area (Å²) in [5, 5.41) is 12.9. The summed E-state index contributed by atoms with van der Waals surface area (Å²) in [6.07, 6.45) is -0.0742. The molecule has 0 aliphatic carbocycles. The number of amides is 1. The van der Waals surface area contributed by atoms with E-state index in [1.165, 1.54) is 4.31 Å². The largest absolute Gasteiger partial charge is 0.455 e. The van der Waals surface area contributed by atoms with E-state index in [2.05, 4.69) is 5.32 Å². The maximum absolute atomic E-state index is 12.8. The second-order valence-electron chi connectivity index (χ2n) is 8.04. The van der Waals surface area contributed by atoms with Crippen LogP contribution in [0.15, 0.2) is 40.8 Å². The average molecular weight is 459 g/mol. The zero-order valence-corrected chi connectivity index (χ0v) is 19.2. The van der Waals surface area contributed by atoms with Gasteiger partial charge in [-0.25, -0.2) is 8.42 Å². The number of sulfonamides is 1. The van der Waals surface area contributed by atoms with Crippen molar-refractivity contribution in [2.24, 2.45) is 0 Å². The van der Waals surface area contributed by atoms with E-state index in [1.807, 2.05) is 31.2 Å². The van der Waals surface area contributed by atoms with Crippen LogP contribution in [0.4, 0.5) is 5.69 Å². The highest BCUT2D eigenvalue weighted by molar-refractivity contribution is 7.92. The molecule has 0 saturated heterocycles. The normalized spacial score (nSPS) is 19.0. The summed E-state index contributed by atoms with van der Waals surface area (Å²) in [6.45, 7) is 3.42. The van der Waals surface area contributed by atoms with Gasteiger partial charge in [0, 0.05) is 29.6 Å². The van der Waals surface area contributed by atoms with Crippen LogP contribution in [0.3, 0.4) is 0 Å². The van der Waals surface area contributed by atoms with Crippen molar-refractivity contribution in [3.63, 3.8) is 0 Å². The van der Waals surface area contributed by atoms with Gasteiger partial charge in [-0.3, -0.25) is 9.10 Å². The predicted octanol–water partition coefficient (Wildman–Crippen LogP) is 2.99. The topological polar surface area (TPSA) is 109 Å². The number of rotatable bonds is 4. The number of carbonyl (C=O) groups excluding carboxylic acids is 1. The van der Waals surface area contributed by atoms with Crippen LogP contribution >= 0.6 is 0 Å². The zero-order chi connectivity index (χ0) is 23.2. The van der Waals surface area contributed by atoms with Gasteiger partial charge in [-0.15, -0.1) is 0 Å². The van der Waals surface area contributed by atoms with Crippen LogP contribution in [-0.2, 0) is 14.8 Å². The number of nitrogens with one attached hydrogen (secondary N) is 1. The van der Waals surface area contributed by atoms with Gasteiger partial charge in [0.2, 0.25) is 10.0 Å². The lowest BCUT2D eigenvalue weighted by Crippen LogP contribution is -2.38. The first-order valence-corrected chi connectivity index (χ1v) is 12.1. The van der Waals surface area contributed by atoms with Crippen LogP contribution in [0.25, 0.3) is 22.3 Å². The number of benzene rings is 2. The van der Waals surface area contributed by atoms with Gasteiger partial charge in [-0.1, -0.05) is 29.8 Å². The average Bonchev–Trinajstić information content (AvgIpc) is 3.05. The van der Waals surface area contributed by atoms with Crippen LogP contribution in [0.1, 0.15) is 34.5 Å². The molecule has 0 fully saturated rings. The maximum atomic E-state index is 12.8. The zero-order valence-electron chi connectivity index (χ0n) is 18.4. The van der Waals surface area contributed by atoms with Crippen LogP contribution in [0.2, 0.25) is 0 Å². The Bertz CT molecular complexity index is 1280. The van der Waals surface area contributed by atoms with E-state index in [0.29, 0.717) is 33.5 Å². The molecule has 9 heteroatoms. The smallest absolute Gasteiger partial charge is 0.255 e. The summed E-state index contributed by atoms with van der Waals surface area (Å²) < 4.78 is 38.4. The van der Waals surface area contributed by atoms with E-state index < -0.39 is 22.2 Å². The van der Waals surface area contributed by atoms with Gasteiger partial charge in [0.1, 0.15) is 11.3 Å². The molecule has 0 unspecified atom stereocenters. The molecule has 1 aliphatic heterocycles. The minimum Gasteiger partial charge on any atom is -0.455 e. The van der Waals surface area contributed by atoms with E-state index in [4.69, 9.17) is 9.15 Å². The Labute approximate surface area is 186 Å². The van der Waals surface area contributed by atoms with Gasteiger partial charge < -0.3 is 19.6 Å². The summed E-state index contributed by atoms with van der Waals surface area (Å²) in [4.78, 5) is 12.8. The number of anilines is 1. The Balaban J connectivity index is 2.01. The Morgan fingerprint density at radius 3 is 2.53 bits per heavy atom. The third-order valence-electron chi connectivity index (χ3n) is 5.68. The van der Waals surface area contributed by atoms with Crippen LogP contribution < -0.4 is 9.62 Å². The number of hydrogen-bond donors (Lipinski definition) is 2. The predicted molar refractivity (Wildman–Crippen MR) is 122 cm³/mol. The third kappa shape index (κ3) is 3.87. The number of furan rings is 1. The van der Waals surface area contributed by atoms with Gasteiger partial charge in [-0.2, -0.15) is 0 Å². The van der Waals surface area contributed by atoms with Crippen LogP contribution in [0.5, 0.6) is 0 Å². The Hall–Kier alpha value is -2.88. The standard InChI is InChI=1S/C23H26N2O6S/c1-13-5-7-15(8-6-13)22-21(23(27)24-3)18-9-17-14(2)30-16(12-26)11-25(32(4,28)29)19(17)10-20(18)31-22/h5-10,14,16,26H,11-12H2,1-4H3,(H,24,27)/t14-,16+/m0/s1. The molecule has 0 radical (unpaired) electrons. The minimum absolute atomic E-state index is 0.0218. The van der Waals surface area contributed by atoms with Crippen molar-refractivity contribution in [1.29, 1.82) is 0 Å². The van der Waals surface area contributed by atoms with Gasteiger partial charge in [0.15, 0.2) is 0 Å². The lowest BCUT2D eigenvalue weighted by molar-refractivity contribution is -0.0227. The van der Waals surface area contributed by atoms with E-state index in [1.54, 1.807) is 26.1 Å². The van der Waals surface area contributed by atoms with Crippen molar-refractivity contribution in [2.45, 2.75) is 26.1 Å². The third-order valence-corrected chi connectivity index (χ3v) is 6.83. The number of fused-ring (bicyclic) bond motifs is 2. The van der Waals surface area contributed by atoms with Crippen LogP contribution in [0, 0.1) is 6.92 Å². The van der Waals surface area contributed by atoms with Crippen molar-refractivity contribution in [2.75, 3.05) is 30.8 Å². The fourth-order valence-electron chi connectivity index (χ4n) is 4.05. The summed E-state index contributed by atoms with van der Waals surface area (Å²) in [5.74, 6) is 0.0990. The number of aryl methyl sites for hydroxylation is 1. The molecule has 2 aromatic carbocycles. The molecule has 8 nitrogen and oxygen atoms in total. The van der Waals surface area contributed by atoms with Crippen molar-refractivity contribution >= 4 is 32.6 Å². The quantitative estimate of drug-likeness (QED) is 0.622. The number of carbonyl (C=O) groups is 1. The summed E-state index contributed by atoms with van der Waals surface area (Å²) in [5.41, 5.74) is 3.59. The highest BCUT2D eigenvalue weighted by atomic mass is 32.2. The molecule has 2 atom stereocenters. The van der Waals surface area contributed by atoms with E-state index in [9.17, 15) is 18.3 Å². The Morgan fingerprint density at radius 2 is 1.94 bits per heavy atom. The molecule has 1 aliphatic rings. The number of hydrogen-bond acceptors (Lipinski definition) is 6. The van der Waals surface area contributed by atoms with Crippen molar-refractivity contribution in [1.82, 2.24) is 5.32 Å². The molecule has 3 aromatic rings. The maximum Gasteiger partial charge on any atom is 0.255 e. The highest BCUT2D eigenvalue weighted by Crippen LogP contribution is 2.42. The molecule has 170 valence electrons. The molecular weight excluding hydrogens is 432 g/mol. The number of ether oxygens (including phenoxy) is 1. The minimum atomic E-state index is -3.66. The molecule has 0 saturated carbocycles. The highest BCUT2D eigenvalue weighted by Gasteiger charge is 2.33. The summed E-state index contributed by atoms with van der Waals surface area (Å²) in [7, 11) is -2.11. The first kappa shape index (κ1) is 22.3. The van der Waals surface area contributed by atoms with Gasteiger partial charge >= 0.3 is 0 Å². The fourth-order valence-corrected chi connectivity index (χ4v) is 5.00. The monoisotopic (exact) mass is 458 g/mol. The first-order valence-electron chi connectivity index (χ1n) is 10.3. The SMILES string of the molecule is CNC(=O)c1c(-c2ccc(C)cc2)oc2cc3c(cc12)[C@H](C)O[C@@H](CO)CN3S(C)(=O)=O. The van der Waals surface area contributed by atoms with Crippen molar-refractivity contribution in [3.8, 4) is 11.3 Å². The molecular formula is C23H26N2O6S. The molecule has 1 amide bonds. The van der Waals surface area contributed by atoms with E-state index in [0.717, 1.165) is 17.4 Å². The molecule has 1 aromatic heterocycles. The van der Waals surface area contributed by atoms with Crippen molar-refractivity contribution in [3.05, 3.63) is 53.1 Å². The Kier molecular flexibility index (Phi) is 5.74. The van der Waals surface area contributed by atoms with Gasteiger partial charge in [-0.05, 0) is 19.9 Å². The number of nitrogens with zero attached hydrogens (tertiary/aromatic N) is 1. The van der Waals surface area contributed by atoms with Gasteiger partial charge in [0.05, 0.1) is 42.9 Å². The molecule has 2 heterocycles.